The number of para-hydroxylation sites is 1. The van der Waals surface area contributed by atoms with Gasteiger partial charge in [0.25, 0.3) is 0 Å². The normalized spacial score (nSPS) is 12.4. The third kappa shape index (κ3) is 6.54. The van der Waals surface area contributed by atoms with Gasteiger partial charge >= 0.3 is 6.36 Å². The predicted octanol–water partition coefficient (Wildman–Crippen LogP) is 3.81. The summed E-state index contributed by atoms with van der Waals surface area (Å²) >= 11 is 0. The molecular weight excluding hydrogens is 415 g/mol. The van der Waals surface area contributed by atoms with Crippen LogP contribution in [0.25, 0.3) is 11.5 Å². The van der Waals surface area contributed by atoms with Gasteiger partial charge in [0.15, 0.2) is 0 Å². The number of nitrogens with one attached hydrogen (secondary N) is 1. The van der Waals surface area contributed by atoms with E-state index in [4.69, 9.17) is 4.42 Å². The van der Waals surface area contributed by atoms with Gasteiger partial charge in [-0.2, -0.15) is 0 Å². The molecule has 7 nitrogen and oxygen atoms in total. The number of alkyl halides is 3. The lowest BCUT2D eigenvalue weighted by Gasteiger charge is -2.20. The predicted molar refractivity (Wildman–Crippen MR) is 104 cm³/mol. The Morgan fingerprint density at radius 2 is 1.81 bits per heavy atom. The first-order chi connectivity index (χ1) is 14.9. The minimum atomic E-state index is -4.89. The second kappa shape index (κ2) is 10.1. The number of hydrogen-bond acceptors (Lipinski definition) is 6. The Morgan fingerprint density at radius 3 is 2.52 bits per heavy atom. The zero-order valence-electron chi connectivity index (χ0n) is 16.3. The van der Waals surface area contributed by atoms with E-state index in [9.17, 15) is 23.1 Å². The number of carbonyl (C=O) groups is 1. The number of aryl methyl sites for hydroxylation is 1. The van der Waals surface area contributed by atoms with Crippen LogP contribution >= 0.6 is 0 Å². The average Bonchev–Trinajstić information content (AvgIpc) is 3.21. The van der Waals surface area contributed by atoms with Crippen molar-refractivity contribution in [2.45, 2.75) is 31.7 Å². The molecule has 1 aromatic heterocycles. The number of amides is 1. The lowest BCUT2D eigenvalue weighted by atomic mass is 10.1. The number of nitrogens with zero attached hydrogens (tertiary/aromatic N) is 2. The Kier molecular flexibility index (Phi) is 7.24. The van der Waals surface area contributed by atoms with E-state index in [1.54, 1.807) is 0 Å². The minimum Gasteiger partial charge on any atom is -0.421 e. The number of halogens is 3. The maximum absolute atomic E-state index is 12.6. The molecule has 0 fully saturated rings. The smallest absolute Gasteiger partial charge is 0.421 e. The summed E-state index contributed by atoms with van der Waals surface area (Å²) in [5.74, 6) is -0.173. The van der Waals surface area contributed by atoms with E-state index in [-0.39, 0.29) is 12.0 Å². The summed E-state index contributed by atoms with van der Waals surface area (Å²) in [4.78, 5) is 12.2. The molecule has 3 rings (SSSR count). The average molecular weight is 435 g/mol. The number of benzene rings is 2. The van der Waals surface area contributed by atoms with Gasteiger partial charge in [-0.3, -0.25) is 4.79 Å². The molecule has 10 heteroatoms. The number of aliphatic hydroxyl groups excluding tert-OH is 1. The summed E-state index contributed by atoms with van der Waals surface area (Å²) in [6.45, 7) is -0.589. The van der Waals surface area contributed by atoms with Gasteiger partial charge in [-0.25, -0.2) is 0 Å². The topological polar surface area (TPSA) is 97.5 Å². The fourth-order valence-corrected chi connectivity index (χ4v) is 2.93. The molecule has 0 saturated carbocycles. The van der Waals surface area contributed by atoms with Crippen LogP contribution in [0.1, 0.15) is 30.3 Å². The Morgan fingerprint density at radius 1 is 1.10 bits per heavy atom. The summed E-state index contributed by atoms with van der Waals surface area (Å²) in [5, 5.41) is 20.0. The van der Waals surface area contributed by atoms with Crippen molar-refractivity contribution in [3.8, 4) is 17.2 Å². The molecule has 3 aromatic rings. The number of ether oxygens (including phenoxy) is 1. The molecule has 0 bridgehead atoms. The zero-order chi connectivity index (χ0) is 22.3. The molecule has 0 aliphatic carbocycles. The van der Waals surface area contributed by atoms with Gasteiger partial charge in [-0.05, 0) is 24.6 Å². The van der Waals surface area contributed by atoms with E-state index in [0.717, 1.165) is 11.6 Å². The van der Waals surface area contributed by atoms with Crippen LogP contribution in [0.3, 0.4) is 0 Å². The van der Waals surface area contributed by atoms with Crippen molar-refractivity contribution in [2.75, 3.05) is 6.61 Å². The fourth-order valence-electron chi connectivity index (χ4n) is 2.93. The Bertz CT molecular complexity index is 993. The van der Waals surface area contributed by atoms with E-state index in [0.29, 0.717) is 24.6 Å². The highest BCUT2D eigenvalue weighted by molar-refractivity contribution is 5.76. The molecule has 0 aliphatic rings. The van der Waals surface area contributed by atoms with Crippen molar-refractivity contribution >= 4 is 5.91 Å². The summed E-state index contributed by atoms with van der Waals surface area (Å²) in [6, 6.07) is 13.5. The van der Waals surface area contributed by atoms with Gasteiger partial charge in [-0.1, -0.05) is 36.4 Å². The van der Waals surface area contributed by atoms with Crippen molar-refractivity contribution in [3.05, 3.63) is 66.1 Å². The molecule has 0 spiro atoms. The van der Waals surface area contributed by atoms with Gasteiger partial charge in [0.1, 0.15) is 5.75 Å². The van der Waals surface area contributed by atoms with Crippen LogP contribution in [-0.2, 0) is 11.2 Å². The number of carbonyl (C=O) groups excluding carboxylic acids is 1. The fraction of sp³-hybridized carbons (Fsp3) is 0.286. The van der Waals surface area contributed by atoms with E-state index in [1.165, 1.54) is 18.2 Å². The second-order valence-corrected chi connectivity index (χ2v) is 6.61. The number of aliphatic hydroxyl groups is 1. The van der Waals surface area contributed by atoms with Crippen molar-refractivity contribution in [1.82, 2.24) is 15.5 Å². The number of hydrogen-bond donors (Lipinski definition) is 2. The quantitative estimate of drug-likeness (QED) is 0.531. The highest BCUT2D eigenvalue weighted by atomic mass is 19.4. The molecule has 0 radical (unpaired) electrons. The van der Waals surface area contributed by atoms with Crippen LogP contribution < -0.4 is 10.1 Å². The SMILES string of the molecule is O=C(CCCc1nnc(-c2ccccc2)o1)NC(CO)c1ccccc1OC(F)(F)F. The van der Waals surface area contributed by atoms with Gasteiger partial charge in [0.05, 0.1) is 12.6 Å². The summed E-state index contributed by atoms with van der Waals surface area (Å²) in [6.07, 6.45) is -4.10. The van der Waals surface area contributed by atoms with E-state index in [2.05, 4.69) is 20.3 Å². The van der Waals surface area contributed by atoms with Crippen LogP contribution in [-0.4, -0.2) is 34.2 Å². The standard InChI is InChI=1S/C21H20F3N3O4/c22-21(23,24)31-17-10-5-4-9-15(17)16(13-28)25-18(29)11-6-12-19-26-27-20(30-19)14-7-2-1-3-8-14/h1-5,7-10,16,28H,6,11-13H2,(H,25,29). The first-order valence-electron chi connectivity index (χ1n) is 9.48. The Labute approximate surface area is 175 Å². The lowest BCUT2D eigenvalue weighted by Crippen LogP contribution is -2.31. The third-order valence-electron chi connectivity index (χ3n) is 4.32. The summed E-state index contributed by atoms with van der Waals surface area (Å²) in [7, 11) is 0. The number of aromatic nitrogens is 2. The summed E-state index contributed by atoms with van der Waals surface area (Å²) in [5.41, 5.74) is 0.810. The first-order valence-corrected chi connectivity index (χ1v) is 9.48. The van der Waals surface area contributed by atoms with Crippen molar-refractivity contribution in [1.29, 1.82) is 0 Å². The minimum absolute atomic E-state index is 0.0279. The van der Waals surface area contributed by atoms with Gasteiger partial charge < -0.3 is 19.6 Å². The highest BCUT2D eigenvalue weighted by Crippen LogP contribution is 2.30. The van der Waals surface area contributed by atoms with Crippen LogP contribution in [0.4, 0.5) is 13.2 Å². The molecular formula is C21H20F3N3O4. The van der Waals surface area contributed by atoms with Gasteiger partial charge in [0, 0.05) is 24.0 Å². The number of rotatable bonds is 9. The molecule has 31 heavy (non-hydrogen) atoms. The van der Waals surface area contributed by atoms with Crippen molar-refractivity contribution in [3.63, 3.8) is 0 Å². The van der Waals surface area contributed by atoms with E-state index >= 15 is 0 Å². The van der Waals surface area contributed by atoms with Crippen LogP contribution in [0, 0.1) is 0 Å². The largest absolute Gasteiger partial charge is 0.573 e. The maximum atomic E-state index is 12.6. The van der Waals surface area contributed by atoms with E-state index in [1.807, 2.05) is 30.3 Å². The Balaban J connectivity index is 1.54. The molecule has 1 heterocycles. The zero-order valence-corrected chi connectivity index (χ0v) is 16.3. The molecule has 2 N–H and O–H groups in total. The molecule has 0 saturated heterocycles. The first kappa shape index (κ1) is 22.3. The third-order valence-corrected chi connectivity index (χ3v) is 4.32. The molecule has 1 unspecified atom stereocenters. The van der Waals surface area contributed by atoms with Crippen LogP contribution in [0.2, 0.25) is 0 Å². The molecule has 2 aromatic carbocycles. The second-order valence-electron chi connectivity index (χ2n) is 6.61. The lowest BCUT2D eigenvalue weighted by molar-refractivity contribution is -0.275. The summed E-state index contributed by atoms with van der Waals surface area (Å²) < 4.78 is 47.3. The van der Waals surface area contributed by atoms with Crippen molar-refractivity contribution in [2.24, 2.45) is 0 Å². The van der Waals surface area contributed by atoms with E-state index < -0.39 is 30.7 Å². The molecule has 0 aliphatic heterocycles. The van der Waals surface area contributed by atoms with Crippen molar-refractivity contribution < 1.29 is 32.2 Å². The molecule has 1 amide bonds. The van der Waals surface area contributed by atoms with Gasteiger partial charge in [-0.15, -0.1) is 23.4 Å². The monoisotopic (exact) mass is 435 g/mol. The van der Waals surface area contributed by atoms with Crippen LogP contribution in [0.15, 0.2) is 59.0 Å². The molecule has 1 atom stereocenters. The molecule has 164 valence electrons. The maximum Gasteiger partial charge on any atom is 0.573 e. The van der Waals surface area contributed by atoms with Crippen LogP contribution in [0.5, 0.6) is 5.75 Å². The highest BCUT2D eigenvalue weighted by Gasteiger charge is 2.33. The van der Waals surface area contributed by atoms with Gasteiger partial charge in [0.2, 0.25) is 17.7 Å². The Hall–Kier alpha value is -3.40.